The number of ether oxygens (including phenoxy) is 5. The summed E-state index contributed by atoms with van der Waals surface area (Å²) in [6.45, 7) is 11.1. The maximum atomic E-state index is 12.6. The summed E-state index contributed by atoms with van der Waals surface area (Å²) in [5.41, 5.74) is -0.693. The average molecular weight is 489 g/mol. The lowest BCUT2D eigenvalue weighted by atomic mass is 9.85. The summed E-state index contributed by atoms with van der Waals surface area (Å²) < 4.78 is 29.3. The fraction of sp³-hybridized carbons (Fsp3) is 0.870. The van der Waals surface area contributed by atoms with Gasteiger partial charge in [-0.15, -0.1) is 0 Å². The minimum atomic E-state index is -0.911. The summed E-state index contributed by atoms with van der Waals surface area (Å²) in [5, 5.41) is 14.3. The van der Waals surface area contributed by atoms with E-state index < -0.39 is 48.0 Å². The van der Waals surface area contributed by atoms with E-state index in [0.717, 1.165) is 0 Å². The van der Waals surface area contributed by atoms with Crippen molar-refractivity contribution in [2.45, 2.75) is 109 Å². The van der Waals surface area contributed by atoms with Gasteiger partial charge in [-0.05, 0) is 47.5 Å². The first-order valence-corrected chi connectivity index (χ1v) is 11.7. The van der Waals surface area contributed by atoms with Gasteiger partial charge in [0.1, 0.15) is 11.7 Å². The molecule has 0 saturated carbocycles. The fourth-order valence-corrected chi connectivity index (χ4v) is 4.28. The molecule has 0 aliphatic carbocycles. The molecule has 0 aromatic rings. The van der Waals surface area contributed by atoms with E-state index in [-0.39, 0.29) is 43.7 Å². The van der Waals surface area contributed by atoms with E-state index in [2.05, 4.69) is 10.6 Å². The number of nitrogens with one attached hydrogen (secondary N) is 2. The van der Waals surface area contributed by atoms with Crippen LogP contribution in [0.3, 0.4) is 0 Å². The molecule has 11 nitrogen and oxygen atoms in total. The largest absolute Gasteiger partial charge is 0.481 e. The molecule has 0 spiro atoms. The van der Waals surface area contributed by atoms with Crippen LogP contribution in [0.4, 0.5) is 4.79 Å². The van der Waals surface area contributed by atoms with Gasteiger partial charge in [-0.2, -0.15) is 0 Å². The molecule has 2 fully saturated rings. The van der Waals surface area contributed by atoms with Crippen LogP contribution < -0.4 is 10.6 Å². The number of amides is 2. The van der Waals surface area contributed by atoms with E-state index >= 15 is 0 Å². The van der Waals surface area contributed by atoms with Crippen molar-refractivity contribution >= 4 is 18.0 Å². The number of hydrogen-bond donors (Lipinski definition) is 3. The zero-order chi connectivity index (χ0) is 25.7. The smallest absolute Gasteiger partial charge is 0.407 e. The van der Waals surface area contributed by atoms with E-state index in [1.54, 1.807) is 41.7 Å². The first-order valence-electron chi connectivity index (χ1n) is 11.7. The molecule has 0 aromatic carbocycles. The predicted molar refractivity (Wildman–Crippen MR) is 121 cm³/mol. The SMILES string of the molecule is CO[C@@H]1[C@H]2OC(C)(C)O[C@H]2OC([C@H](CCC(=O)NCCCC(=O)O)NC(=O)OC(C)(C)C)[C@H]1C. The lowest BCUT2D eigenvalue weighted by molar-refractivity contribution is -0.243. The molecule has 196 valence electrons. The molecule has 11 heteroatoms. The fourth-order valence-electron chi connectivity index (χ4n) is 4.28. The van der Waals surface area contributed by atoms with Gasteiger partial charge in [0, 0.05) is 32.4 Å². The van der Waals surface area contributed by atoms with Crippen molar-refractivity contribution in [1.82, 2.24) is 10.6 Å². The zero-order valence-corrected chi connectivity index (χ0v) is 21.2. The summed E-state index contributed by atoms with van der Waals surface area (Å²) >= 11 is 0. The topological polar surface area (TPSA) is 142 Å². The standard InChI is InChI=1S/C23H40N2O9/c1-13-17(31-20-19(18(13)30-7)32-23(5,6)33-20)14(25-21(29)34-22(2,3)4)10-11-15(26)24-12-8-9-16(27)28/h13-14,17-20H,8-12H2,1-7H3,(H,24,26)(H,25,29)(H,27,28)/t13-,14+,17?,18+,19-,20-/m1/s1. The third-order valence-electron chi connectivity index (χ3n) is 5.68. The molecule has 0 bridgehead atoms. The van der Waals surface area contributed by atoms with Crippen LogP contribution in [0.15, 0.2) is 0 Å². The molecule has 2 aliphatic rings. The number of rotatable bonds is 10. The van der Waals surface area contributed by atoms with Crippen LogP contribution in [-0.4, -0.2) is 78.8 Å². The van der Waals surface area contributed by atoms with Gasteiger partial charge in [-0.1, -0.05) is 6.92 Å². The Balaban J connectivity index is 2.10. The van der Waals surface area contributed by atoms with E-state index in [0.29, 0.717) is 6.42 Å². The molecule has 34 heavy (non-hydrogen) atoms. The lowest BCUT2D eigenvalue weighted by Gasteiger charge is -2.44. The van der Waals surface area contributed by atoms with Crippen molar-refractivity contribution in [3.63, 3.8) is 0 Å². The molecule has 2 rings (SSSR count). The second-order valence-corrected chi connectivity index (χ2v) is 10.3. The number of hydrogen-bond acceptors (Lipinski definition) is 8. The Kier molecular flexibility index (Phi) is 9.70. The first kappa shape index (κ1) is 28.3. The normalized spacial score (nSPS) is 29.1. The van der Waals surface area contributed by atoms with Gasteiger partial charge >= 0.3 is 12.1 Å². The third kappa shape index (κ3) is 8.37. The molecule has 2 amide bonds. The Bertz CT molecular complexity index is 722. The molecule has 0 aromatic heterocycles. The van der Waals surface area contributed by atoms with Gasteiger partial charge in [-0.25, -0.2) is 4.79 Å². The Hall–Kier alpha value is -1.95. The van der Waals surface area contributed by atoms with E-state index in [9.17, 15) is 14.4 Å². The number of aliphatic carboxylic acids is 1. The van der Waals surface area contributed by atoms with E-state index in [1.165, 1.54) is 0 Å². The Morgan fingerprint density at radius 1 is 1.15 bits per heavy atom. The predicted octanol–water partition coefficient (Wildman–Crippen LogP) is 2.17. The van der Waals surface area contributed by atoms with Crippen LogP contribution in [0.1, 0.15) is 67.2 Å². The van der Waals surface area contributed by atoms with E-state index in [1.807, 2.05) is 6.92 Å². The summed E-state index contributed by atoms with van der Waals surface area (Å²) in [5.74, 6) is -2.19. The highest BCUT2D eigenvalue weighted by molar-refractivity contribution is 5.76. The van der Waals surface area contributed by atoms with Crippen molar-refractivity contribution < 1.29 is 43.2 Å². The molecule has 2 saturated heterocycles. The highest BCUT2D eigenvalue weighted by Crippen LogP contribution is 2.40. The number of fused-ring (bicyclic) bond motifs is 1. The summed E-state index contributed by atoms with van der Waals surface area (Å²) in [6.07, 6.45) is -1.90. The van der Waals surface area contributed by atoms with Crippen LogP contribution in [-0.2, 0) is 33.3 Å². The van der Waals surface area contributed by atoms with Crippen molar-refractivity contribution in [1.29, 1.82) is 0 Å². The van der Waals surface area contributed by atoms with Crippen molar-refractivity contribution in [3.05, 3.63) is 0 Å². The number of alkyl carbamates (subject to hydrolysis) is 1. The van der Waals surface area contributed by atoms with Crippen LogP contribution >= 0.6 is 0 Å². The molecular formula is C23H40N2O9. The minimum absolute atomic E-state index is 0.0179. The van der Waals surface area contributed by atoms with Gasteiger partial charge in [0.15, 0.2) is 12.1 Å². The van der Waals surface area contributed by atoms with Crippen LogP contribution in [0.5, 0.6) is 0 Å². The van der Waals surface area contributed by atoms with Crippen LogP contribution in [0.25, 0.3) is 0 Å². The molecular weight excluding hydrogens is 448 g/mol. The molecule has 3 N–H and O–H groups in total. The average Bonchev–Trinajstić information content (AvgIpc) is 3.00. The molecule has 1 unspecified atom stereocenters. The third-order valence-corrected chi connectivity index (χ3v) is 5.68. The second-order valence-electron chi connectivity index (χ2n) is 10.3. The second kappa shape index (κ2) is 11.7. The lowest BCUT2D eigenvalue weighted by Crippen LogP contribution is -2.59. The van der Waals surface area contributed by atoms with Gasteiger partial charge in [0.25, 0.3) is 0 Å². The van der Waals surface area contributed by atoms with Crippen LogP contribution in [0, 0.1) is 5.92 Å². The zero-order valence-electron chi connectivity index (χ0n) is 21.2. The number of carboxylic acids is 1. The first-order chi connectivity index (χ1) is 15.7. The van der Waals surface area contributed by atoms with Crippen molar-refractivity contribution in [2.75, 3.05) is 13.7 Å². The number of carboxylic acid groups (broad SMARTS) is 1. The van der Waals surface area contributed by atoms with E-state index in [4.69, 9.17) is 28.8 Å². The van der Waals surface area contributed by atoms with Gasteiger partial charge < -0.3 is 39.4 Å². The maximum Gasteiger partial charge on any atom is 0.407 e. The Morgan fingerprint density at radius 2 is 1.82 bits per heavy atom. The monoisotopic (exact) mass is 488 g/mol. The van der Waals surface area contributed by atoms with Crippen molar-refractivity contribution in [2.24, 2.45) is 5.92 Å². The maximum absolute atomic E-state index is 12.6. The molecule has 2 heterocycles. The number of carbonyl (C=O) groups is 3. The Labute approximate surface area is 201 Å². The summed E-state index contributed by atoms with van der Waals surface area (Å²) in [7, 11) is 1.59. The van der Waals surface area contributed by atoms with Gasteiger partial charge in [0.05, 0.1) is 18.2 Å². The molecule has 0 radical (unpaired) electrons. The molecule has 2 aliphatic heterocycles. The quantitative estimate of drug-likeness (QED) is 0.394. The summed E-state index contributed by atoms with van der Waals surface area (Å²) in [4.78, 5) is 35.6. The number of methoxy groups -OCH3 is 1. The van der Waals surface area contributed by atoms with Crippen LogP contribution in [0.2, 0.25) is 0 Å². The highest BCUT2D eigenvalue weighted by atomic mass is 16.8. The number of carbonyl (C=O) groups excluding carboxylic acids is 2. The minimum Gasteiger partial charge on any atom is -0.481 e. The molecule has 6 atom stereocenters. The highest BCUT2D eigenvalue weighted by Gasteiger charge is 2.55. The van der Waals surface area contributed by atoms with Gasteiger partial charge in [-0.3, -0.25) is 9.59 Å². The summed E-state index contributed by atoms with van der Waals surface area (Å²) in [6, 6.07) is -0.569. The van der Waals surface area contributed by atoms with Gasteiger partial charge in [0.2, 0.25) is 5.91 Å². The van der Waals surface area contributed by atoms with Crippen molar-refractivity contribution in [3.8, 4) is 0 Å². The Morgan fingerprint density at radius 3 is 2.41 bits per heavy atom.